The maximum Gasteiger partial charge on any atom is 0.371 e. The van der Waals surface area contributed by atoms with Gasteiger partial charge in [0, 0.05) is 12.0 Å². The Bertz CT molecular complexity index is 616. The summed E-state index contributed by atoms with van der Waals surface area (Å²) in [6, 6.07) is 3.86. The summed E-state index contributed by atoms with van der Waals surface area (Å²) in [5.41, 5.74) is -0.174. The van der Waals surface area contributed by atoms with Crippen LogP contribution in [-0.4, -0.2) is 57.6 Å². The van der Waals surface area contributed by atoms with Gasteiger partial charge in [-0.15, -0.1) is 0 Å². The molecule has 7 nitrogen and oxygen atoms in total. The first-order chi connectivity index (χ1) is 11.3. The van der Waals surface area contributed by atoms with E-state index in [1.165, 1.54) is 12.1 Å². The molecule has 0 spiro atoms. The lowest BCUT2D eigenvalue weighted by Crippen LogP contribution is -2.50. The summed E-state index contributed by atoms with van der Waals surface area (Å²) in [5.74, 6) is -2.90. The molecule has 0 radical (unpaired) electrons. The number of rotatable bonds is 5. The van der Waals surface area contributed by atoms with E-state index in [0.717, 1.165) is 12.1 Å². The summed E-state index contributed by atoms with van der Waals surface area (Å²) < 4.78 is 24.1. The van der Waals surface area contributed by atoms with E-state index in [2.05, 4.69) is 0 Å². The van der Waals surface area contributed by atoms with E-state index in [4.69, 9.17) is 26.2 Å². The van der Waals surface area contributed by atoms with Crippen molar-refractivity contribution < 1.29 is 39.1 Å². The van der Waals surface area contributed by atoms with Gasteiger partial charge in [-0.05, 0) is 18.2 Å². The third kappa shape index (κ3) is 4.22. The van der Waals surface area contributed by atoms with Gasteiger partial charge in [0.05, 0.1) is 17.7 Å². The molecule has 132 valence electrons. The molecule has 1 heterocycles. The van der Waals surface area contributed by atoms with Crippen LogP contribution in [-0.2, 0) is 14.3 Å². The van der Waals surface area contributed by atoms with Crippen LogP contribution in [0.25, 0.3) is 6.08 Å². The monoisotopic (exact) mass is 362 g/mol. The Morgan fingerprint density at radius 3 is 2.75 bits per heavy atom. The summed E-state index contributed by atoms with van der Waals surface area (Å²) in [4.78, 5) is 11.3. The minimum absolute atomic E-state index is 0.00870. The highest BCUT2D eigenvalue weighted by molar-refractivity contribution is 6.32. The lowest BCUT2D eigenvalue weighted by atomic mass is 10.0. The first kappa shape index (κ1) is 18.6. The molecule has 3 unspecified atom stereocenters. The molecule has 1 aliphatic heterocycles. The van der Waals surface area contributed by atoms with Crippen LogP contribution in [0.15, 0.2) is 24.0 Å². The molecule has 0 saturated carbocycles. The Hall–Kier alpha value is -1.71. The van der Waals surface area contributed by atoms with Gasteiger partial charge < -0.3 is 29.9 Å². The van der Waals surface area contributed by atoms with Crippen LogP contribution >= 0.6 is 11.6 Å². The van der Waals surface area contributed by atoms with E-state index >= 15 is 0 Å². The molecule has 0 bridgehead atoms. The van der Waals surface area contributed by atoms with Gasteiger partial charge in [0.2, 0.25) is 12.0 Å². The zero-order chi connectivity index (χ0) is 17.9. The Kier molecular flexibility index (Phi) is 6.14. The number of hydrogen-bond donors (Lipinski definition) is 4. The van der Waals surface area contributed by atoms with Crippen LogP contribution in [0.5, 0.6) is 0 Å². The number of carbonyl (C=O) groups is 1. The van der Waals surface area contributed by atoms with Crippen molar-refractivity contribution in [2.24, 2.45) is 0 Å². The fraction of sp³-hybridized carbons (Fsp3) is 0.400. The zero-order valence-corrected chi connectivity index (χ0v) is 13.1. The lowest BCUT2D eigenvalue weighted by molar-refractivity contribution is -0.246. The van der Waals surface area contributed by atoms with Crippen LogP contribution in [0.3, 0.4) is 0 Å². The minimum Gasteiger partial charge on any atom is -0.475 e. The summed E-state index contributed by atoms with van der Waals surface area (Å²) in [6.45, 7) is -0.594. The molecule has 4 atom stereocenters. The average Bonchev–Trinajstić information content (AvgIpc) is 2.52. The first-order valence-electron chi connectivity index (χ1n) is 7.01. The highest BCUT2D eigenvalue weighted by atomic mass is 35.5. The average molecular weight is 363 g/mol. The van der Waals surface area contributed by atoms with E-state index < -0.39 is 48.8 Å². The van der Waals surface area contributed by atoms with Gasteiger partial charge >= 0.3 is 5.97 Å². The summed E-state index contributed by atoms with van der Waals surface area (Å²) >= 11 is 5.84. The molecule has 0 amide bonds. The topological polar surface area (TPSA) is 116 Å². The second-order valence-electron chi connectivity index (χ2n) is 5.15. The standard InChI is InChI=1S/C15H16ClFO7/c16-8-2-1-3-9(17)7(8)4-11(15(21)22)23-13-5-10(19)14(20)12(6-18)24-13/h1-4,10,12-14,18-20H,5-6H2,(H,21,22)/b11-4-/t10?,12?,13?,14-/m1/s1. The number of aliphatic hydroxyl groups excluding tert-OH is 3. The Labute approximate surface area is 141 Å². The predicted molar refractivity (Wildman–Crippen MR) is 80.5 cm³/mol. The summed E-state index contributed by atoms with van der Waals surface area (Å²) in [5, 5.41) is 37.6. The van der Waals surface area contributed by atoms with Gasteiger partial charge in [-0.25, -0.2) is 9.18 Å². The molecule has 0 aromatic heterocycles. The van der Waals surface area contributed by atoms with Crippen molar-refractivity contribution in [1.82, 2.24) is 0 Å². The van der Waals surface area contributed by atoms with Crippen molar-refractivity contribution in [3.8, 4) is 0 Å². The number of ether oxygens (including phenoxy) is 2. The van der Waals surface area contributed by atoms with Crippen molar-refractivity contribution in [2.45, 2.75) is 31.0 Å². The van der Waals surface area contributed by atoms with Gasteiger partial charge in [0.15, 0.2) is 0 Å². The van der Waals surface area contributed by atoms with Crippen molar-refractivity contribution in [3.05, 3.63) is 40.4 Å². The van der Waals surface area contributed by atoms with Gasteiger partial charge in [-0.1, -0.05) is 17.7 Å². The zero-order valence-electron chi connectivity index (χ0n) is 12.3. The van der Waals surface area contributed by atoms with E-state index in [1.807, 2.05) is 0 Å². The third-order valence-electron chi connectivity index (χ3n) is 3.46. The first-order valence-corrected chi connectivity index (χ1v) is 7.39. The summed E-state index contributed by atoms with van der Waals surface area (Å²) in [6.07, 6.45) is -4.30. The van der Waals surface area contributed by atoms with Gasteiger partial charge in [0.25, 0.3) is 0 Å². The Morgan fingerprint density at radius 1 is 1.46 bits per heavy atom. The second-order valence-corrected chi connectivity index (χ2v) is 5.55. The predicted octanol–water partition coefficient (Wildman–Crippen LogP) is 0.750. The molecule has 1 fully saturated rings. The maximum atomic E-state index is 13.8. The Morgan fingerprint density at radius 2 is 2.17 bits per heavy atom. The molecule has 0 aliphatic carbocycles. The maximum absolute atomic E-state index is 13.8. The molecule has 1 aromatic carbocycles. The van der Waals surface area contributed by atoms with Crippen LogP contribution in [0, 0.1) is 5.82 Å². The molecule has 9 heteroatoms. The quantitative estimate of drug-likeness (QED) is 0.451. The van der Waals surface area contributed by atoms with E-state index in [0.29, 0.717) is 0 Å². The highest BCUT2D eigenvalue weighted by Crippen LogP contribution is 2.26. The van der Waals surface area contributed by atoms with Gasteiger partial charge in [-0.2, -0.15) is 0 Å². The molecule has 24 heavy (non-hydrogen) atoms. The number of carboxylic acid groups (broad SMARTS) is 1. The number of aliphatic hydroxyl groups is 3. The van der Waals surface area contributed by atoms with Crippen molar-refractivity contribution >= 4 is 23.6 Å². The van der Waals surface area contributed by atoms with Crippen LogP contribution < -0.4 is 0 Å². The molecule has 1 aromatic rings. The number of carboxylic acids is 1. The second kappa shape index (κ2) is 7.91. The van der Waals surface area contributed by atoms with E-state index in [9.17, 15) is 24.5 Å². The fourth-order valence-corrected chi connectivity index (χ4v) is 2.43. The van der Waals surface area contributed by atoms with Crippen molar-refractivity contribution in [1.29, 1.82) is 0 Å². The minimum atomic E-state index is -1.50. The van der Waals surface area contributed by atoms with Gasteiger partial charge in [-0.3, -0.25) is 0 Å². The number of hydrogen-bond acceptors (Lipinski definition) is 6. The molecular formula is C15H16ClFO7. The largest absolute Gasteiger partial charge is 0.475 e. The van der Waals surface area contributed by atoms with E-state index in [-0.39, 0.29) is 17.0 Å². The fourth-order valence-electron chi connectivity index (χ4n) is 2.21. The lowest BCUT2D eigenvalue weighted by Gasteiger charge is -2.36. The van der Waals surface area contributed by atoms with Crippen molar-refractivity contribution in [3.63, 3.8) is 0 Å². The summed E-state index contributed by atoms with van der Waals surface area (Å²) in [7, 11) is 0. The smallest absolute Gasteiger partial charge is 0.371 e. The number of halogens is 2. The highest BCUT2D eigenvalue weighted by Gasteiger charge is 2.38. The van der Waals surface area contributed by atoms with Crippen LogP contribution in [0.2, 0.25) is 5.02 Å². The number of aliphatic carboxylic acids is 1. The Balaban J connectivity index is 2.23. The normalized spacial score (nSPS) is 27.8. The molecule has 2 rings (SSSR count). The van der Waals surface area contributed by atoms with Crippen molar-refractivity contribution in [2.75, 3.05) is 6.61 Å². The molecular weight excluding hydrogens is 347 g/mol. The molecule has 1 saturated heterocycles. The molecule has 4 N–H and O–H groups in total. The van der Waals surface area contributed by atoms with E-state index in [1.54, 1.807) is 0 Å². The van der Waals surface area contributed by atoms with Crippen LogP contribution in [0.1, 0.15) is 12.0 Å². The van der Waals surface area contributed by atoms with Crippen LogP contribution in [0.4, 0.5) is 4.39 Å². The van der Waals surface area contributed by atoms with Gasteiger partial charge in [0.1, 0.15) is 18.0 Å². The molecule has 1 aliphatic rings. The third-order valence-corrected chi connectivity index (χ3v) is 3.79. The number of benzene rings is 1. The SMILES string of the molecule is O=C(O)/C(=C/c1c(F)cccc1Cl)OC1CC(O)[C@@H](O)C(CO)O1.